The summed E-state index contributed by atoms with van der Waals surface area (Å²) in [5.41, 5.74) is 8.54. The van der Waals surface area contributed by atoms with Crippen molar-refractivity contribution >= 4 is 42.3 Å². The van der Waals surface area contributed by atoms with Gasteiger partial charge < -0.3 is 10.5 Å². The number of amidine groups is 1. The third-order valence-electron chi connectivity index (χ3n) is 4.62. The lowest BCUT2D eigenvalue weighted by atomic mass is 9.95. The van der Waals surface area contributed by atoms with Crippen molar-refractivity contribution in [1.82, 2.24) is 5.01 Å². The van der Waals surface area contributed by atoms with Gasteiger partial charge in [0.1, 0.15) is 6.61 Å². The zero-order chi connectivity index (χ0) is 23.0. The van der Waals surface area contributed by atoms with E-state index in [1.165, 1.54) is 16.8 Å². The lowest BCUT2D eigenvalue weighted by molar-refractivity contribution is -0.131. The molecule has 0 aromatic carbocycles. The lowest BCUT2D eigenvalue weighted by Gasteiger charge is -2.14. The van der Waals surface area contributed by atoms with Crippen LogP contribution in [0, 0.1) is 18.3 Å². The van der Waals surface area contributed by atoms with Crippen LogP contribution in [0.15, 0.2) is 50.3 Å². The van der Waals surface area contributed by atoms with Gasteiger partial charge in [-0.25, -0.2) is 14.4 Å². The number of carbonyl (C=O) groups excluding carboxylic acids is 1. The minimum Gasteiger partial charge on any atom is -0.461 e. The van der Waals surface area contributed by atoms with Crippen molar-refractivity contribution in [2.45, 2.75) is 38.3 Å². The number of hydrogen-bond donors (Lipinski definition) is 1. The van der Waals surface area contributed by atoms with E-state index in [0.717, 1.165) is 18.4 Å². The number of allylic oxidation sites excluding steroid dienone is 3. The number of nitrogens with two attached hydrogens (primary N) is 1. The maximum absolute atomic E-state index is 13.5. The number of ether oxygens (including phenoxy) is 1. The minimum atomic E-state index is -1.71. The molecule has 10 heteroatoms. The molecule has 0 radical (unpaired) electrons. The summed E-state index contributed by atoms with van der Waals surface area (Å²) in [6.45, 7) is 3.96. The predicted molar refractivity (Wildman–Crippen MR) is 130 cm³/mol. The highest BCUT2D eigenvalue weighted by molar-refractivity contribution is 7.39. The van der Waals surface area contributed by atoms with Gasteiger partial charge in [-0.1, -0.05) is 44.3 Å². The second-order valence-electron chi connectivity index (χ2n) is 7.11. The number of halogens is 1. The maximum Gasteiger partial charge on any atom is 0.286 e. The summed E-state index contributed by atoms with van der Waals surface area (Å²) in [4.78, 5) is 21.1. The third-order valence-corrected chi connectivity index (χ3v) is 4.96. The summed E-state index contributed by atoms with van der Waals surface area (Å²) in [5, 5.41) is 4.17. The predicted octanol–water partition coefficient (Wildman–Crippen LogP) is 3.13. The summed E-state index contributed by atoms with van der Waals surface area (Å²) in [6.07, 6.45) is 14.8. The first-order chi connectivity index (χ1) is 14.7. The molecule has 2 heterocycles. The first kappa shape index (κ1) is 24.9. The number of terminal acetylenes is 1. The Balaban J connectivity index is 2.20. The van der Waals surface area contributed by atoms with Crippen LogP contribution in [0.3, 0.4) is 0 Å². The van der Waals surface area contributed by atoms with E-state index in [2.05, 4.69) is 34.0 Å². The van der Waals surface area contributed by atoms with E-state index >= 15 is 0 Å². The molecule has 0 spiro atoms. The monoisotopic (exact) mass is 463 g/mol. The number of carbonyl (C=O) groups is 1. The molecule has 0 saturated carbocycles. The van der Waals surface area contributed by atoms with Gasteiger partial charge in [-0.15, -0.1) is 6.42 Å². The normalized spacial score (nSPS) is 20.1. The van der Waals surface area contributed by atoms with Crippen LogP contribution < -0.4 is 5.73 Å². The average Bonchev–Trinajstić information content (AvgIpc) is 2.89. The van der Waals surface area contributed by atoms with Gasteiger partial charge in [-0.05, 0) is 30.4 Å². The van der Waals surface area contributed by atoms with Gasteiger partial charge in [0.25, 0.3) is 11.9 Å². The Morgan fingerprint density at radius 2 is 2.29 bits per heavy atom. The first-order valence-corrected chi connectivity index (χ1v) is 11.0. The van der Waals surface area contributed by atoms with Crippen molar-refractivity contribution in [2.24, 2.45) is 26.7 Å². The van der Waals surface area contributed by atoms with Gasteiger partial charge >= 0.3 is 0 Å². The van der Waals surface area contributed by atoms with Crippen LogP contribution in [0.25, 0.3) is 0 Å². The van der Waals surface area contributed by atoms with Crippen molar-refractivity contribution in [3.63, 3.8) is 0 Å². The number of alkyl halides is 1. The van der Waals surface area contributed by atoms with Crippen LogP contribution in [-0.2, 0) is 9.53 Å². The highest BCUT2D eigenvalue weighted by Crippen LogP contribution is 2.28. The highest BCUT2D eigenvalue weighted by atomic mass is 31.1. The molecule has 0 fully saturated rings. The molecule has 0 aromatic heterocycles. The Hall–Kier alpha value is -2.35. The second kappa shape index (κ2) is 11.3. The third kappa shape index (κ3) is 7.38. The molecule has 0 saturated heterocycles. The van der Waals surface area contributed by atoms with Crippen LogP contribution in [0.2, 0.25) is 0 Å². The zero-order valence-corrected chi connectivity index (χ0v) is 20.0. The van der Waals surface area contributed by atoms with Gasteiger partial charge in [0.05, 0.1) is 29.9 Å². The molecule has 166 valence electrons. The quantitative estimate of drug-likeness (QED) is 0.260. The molecule has 1 amide bonds. The van der Waals surface area contributed by atoms with E-state index in [1.807, 2.05) is 31.6 Å². The van der Waals surface area contributed by atoms with Crippen molar-refractivity contribution in [1.29, 1.82) is 0 Å². The zero-order valence-electron chi connectivity index (χ0n) is 17.7. The van der Waals surface area contributed by atoms with Crippen LogP contribution in [0.1, 0.15) is 33.1 Å². The number of amides is 1. The van der Waals surface area contributed by atoms with Crippen molar-refractivity contribution in [3.8, 4) is 12.3 Å². The van der Waals surface area contributed by atoms with Gasteiger partial charge in [0, 0.05) is 12.4 Å². The molecular weight excluding hydrogens is 435 g/mol. The molecule has 0 aliphatic carbocycles. The molecule has 2 N–H and O–H groups in total. The molecule has 0 bridgehead atoms. The molecule has 2 rings (SSSR count). The van der Waals surface area contributed by atoms with Gasteiger partial charge in [0.2, 0.25) is 0 Å². The second-order valence-corrected chi connectivity index (χ2v) is 9.70. The summed E-state index contributed by atoms with van der Waals surface area (Å²) in [7, 11) is 3.95. The maximum atomic E-state index is 13.5. The van der Waals surface area contributed by atoms with Gasteiger partial charge in [-0.3, -0.25) is 9.79 Å². The fourth-order valence-electron chi connectivity index (χ4n) is 2.92. The molecular formula is C21H28FN5O2P2. The van der Waals surface area contributed by atoms with E-state index in [1.54, 1.807) is 6.21 Å². The van der Waals surface area contributed by atoms with E-state index in [0.29, 0.717) is 24.3 Å². The summed E-state index contributed by atoms with van der Waals surface area (Å²) in [6, 6.07) is -0.242. The first-order valence-electron chi connectivity index (χ1n) is 9.88. The number of nitrogens with zero attached hydrogens (tertiary/aromatic N) is 4. The van der Waals surface area contributed by atoms with Crippen molar-refractivity contribution in [3.05, 3.63) is 35.2 Å². The topological polar surface area (TPSA) is 92.6 Å². The fraction of sp³-hybridized carbons (Fsp3) is 0.429. The molecule has 2 aliphatic rings. The number of hydrogen-bond acceptors (Lipinski definition) is 5. The largest absolute Gasteiger partial charge is 0.461 e. The van der Waals surface area contributed by atoms with Gasteiger partial charge in [0.15, 0.2) is 5.15 Å². The van der Waals surface area contributed by atoms with E-state index in [-0.39, 0.29) is 18.5 Å². The molecule has 7 nitrogen and oxygen atoms in total. The Kier molecular flexibility index (Phi) is 9.10. The molecule has 2 aliphatic heterocycles. The SMILES string of the molecule is C#C/C(=C\N=C(N)OCC(F)(P)P)C1=NN(CC2=CCC(CC)=CN=C2)C(=O)C1CC. The highest BCUT2D eigenvalue weighted by Gasteiger charge is 2.36. The summed E-state index contributed by atoms with van der Waals surface area (Å²) >= 11 is 0. The average molecular weight is 463 g/mol. The molecule has 3 atom stereocenters. The summed E-state index contributed by atoms with van der Waals surface area (Å²) < 4.78 is 18.5. The summed E-state index contributed by atoms with van der Waals surface area (Å²) in [5.74, 6) is 1.89. The van der Waals surface area contributed by atoms with E-state index in [9.17, 15) is 9.18 Å². The number of aliphatic imine (C=N–C) groups is 2. The molecule has 3 unspecified atom stereocenters. The standard InChI is InChI=1S/C21H28FN5O2P2/c1-4-14-7-8-15(10-24-9-14)12-27-19(28)17(6-3)18(26-27)16(5-2)11-25-20(23)29-13-21(22,30)31/h2,8-11,17H,4,6-7,12-13,30-31H2,1,3H3,(H2,23,25)/b16-11+. The Bertz CT molecular complexity index is 923. The Labute approximate surface area is 187 Å². The smallest absolute Gasteiger partial charge is 0.286 e. The lowest BCUT2D eigenvalue weighted by Crippen LogP contribution is -2.29. The van der Waals surface area contributed by atoms with Crippen molar-refractivity contribution < 1.29 is 13.9 Å². The molecule has 0 aromatic rings. The molecule has 31 heavy (non-hydrogen) atoms. The van der Waals surface area contributed by atoms with Crippen LogP contribution in [0.4, 0.5) is 4.39 Å². The van der Waals surface area contributed by atoms with Crippen LogP contribution in [-0.4, -0.2) is 47.2 Å². The van der Waals surface area contributed by atoms with E-state index < -0.39 is 11.1 Å². The number of rotatable bonds is 8. The van der Waals surface area contributed by atoms with Crippen LogP contribution in [0.5, 0.6) is 0 Å². The Morgan fingerprint density at radius 3 is 2.90 bits per heavy atom. The fourth-order valence-corrected chi connectivity index (χ4v) is 3.08. The minimum absolute atomic E-state index is 0.137. The van der Waals surface area contributed by atoms with Gasteiger partial charge in [-0.2, -0.15) is 5.10 Å². The Morgan fingerprint density at radius 1 is 1.55 bits per heavy atom. The van der Waals surface area contributed by atoms with Crippen molar-refractivity contribution in [2.75, 3.05) is 13.2 Å². The van der Waals surface area contributed by atoms with E-state index in [4.69, 9.17) is 16.9 Å². The number of hydrazone groups is 1. The van der Waals surface area contributed by atoms with Crippen LogP contribution >= 0.6 is 18.5 Å².